The standard InChI is InChI=1S/C15H21N3O/c1-11(2)7-17-8-13-9-18(10-14(13)17)15(19)12-3-5-16-6-4-12/h3-6,11,13-14H,7-10H2,1-2H3. The third-order valence-corrected chi connectivity index (χ3v) is 4.16. The highest BCUT2D eigenvalue weighted by atomic mass is 16.2. The number of fused-ring (bicyclic) bond motifs is 1. The number of carbonyl (C=O) groups excluding carboxylic acids is 1. The summed E-state index contributed by atoms with van der Waals surface area (Å²) in [4.78, 5) is 20.9. The molecule has 2 aliphatic rings. The number of rotatable bonds is 3. The van der Waals surface area contributed by atoms with Gasteiger partial charge in [-0.15, -0.1) is 0 Å². The largest absolute Gasteiger partial charge is 0.337 e. The Hall–Kier alpha value is -1.42. The summed E-state index contributed by atoms with van der Waals surface area (Å²) in [7, 11) is 0. The van der Waals surface area contributed by atoms with Crippen molar-refractivity contribution in [3.63, 3.8) is 0 Å². The summed E-state index contributed by atoms with van der Waals surface area (Å²) in [6, 6.07) is 4.19. The van der Waals surface area contributed by atoms with Crippen molar-refractivity contribution in [2.75, 3.05) is 26.2 Å². The normalized spacial score (nSPS) is 26.4. The Morgan fingerprint density at radius 2 is 2.05 bits per heavy atom. The summed E-state index contributed by atoms with van der Waals surface area (Å²) in [5, 5.41) is 0. The van der Waals surface area contributed by atoms with E-state index in [4.69, 9.17) is 0 Å². The molecule has 2 atom stereocenters. The summed E-state index contributed by atoms with van der Waals surface area (Å²) in [5.74, 6) is 1.54. The van der Waals surface area contributed by atoms with Crippen molar-refractivity contribution in [1.29, 1.82) is 0 Å². The Kier molecular flexibility index (Phi) is 3.27. The van der Waals surface area contributed by atoms with Crippen LogP contribution in [0, 0.1) is 11.8 Å². The first-order valence-corrected chi connectivity index (χ1v) is 7.08. The molecule has 4 heteroatoms. The Morgan fingerprint density at radius 1 is 1.32 bits per heavy atom. The summed E-state index contributed by atoms with van der Waals surface area (Å²) >= 11 is 0. The molecule has 4 nitrogen and oxygen atoms in total. The van der Waals surface area contributed by atoms with Crippen molar-refractivity contribution in [2.45, 2.75) is 19.9 Å². The maximum Gasteiger partial charge on any atom is 0.254 e. The molecule has 2 fully saturated rings. The first kappa shape index (κ1) is 12.6. The lowest BCUT2D eigenvalue weighted by Gasteiger charge is -2.44. The van der Waals surface area contributed by atoms with Crippen LogP contribution in [0.5, 0.6) is 0 Å². The molecule has 0 aliphatic carbocycles. The van der Waals surface area contributed by atoms with E-state index in [1.807, 2.05) is 4.90 Å². The zero-order chi connectivity index (χ0) is 13.4. The van der Waals surface area contributed by atoms with E-state index in [0.717, 1.165) is 31.7 Å². The molecule has 2 aliphatic heterocycles. The fraction of sp³-hybridized carbons (Fsp3) is 0.600. The highest BCUT2D eigenvalue weighted by Crippen LogP contribution is 2.33. The van der Waals surface area contributed by atoms with Crippen molar-refractivity contribution >= 4 is 5.91 Å². The van der Waals surface area contributed by atoms with Gasteiger partial charge in [0.15, 0.2) is 0 Å². The van der Waals surface area contributed by atoms with Gasteiger partial charge in [0.1, 0.15) is 0 Å². The van der Waals surface area contributed by atoms with E-state index in [1.54, 1.807) is 24.5 Å². The van der Waals surface area contributed by atoms with Gasteiger partial charge in [0.2, 0.25) is 0 Å². The Morgan fingerprint density at radius 3 is 2.74 bits per heavy atom. The summed E-state index contributed by atoms with van der Waals surface area (Å²) in [6.07, 6.45) is 3.37. The summed E-state index contributed by atoms with van der Waals surface area (Å²) < 4.78 is 0. The first-order chi connectivity index (χ1) is 9.15. The van der Waals surface area contributed by atoms with Gasteiger partial charge in [0.25, 0.3) is 5.91 Å². The number of hydrogen-bond acceptors (Lipinski definition) is 3. The molecule has 3 heterocycles. The minimum atomic E-state index is 0.154. The molecule has 102 valence electrons. The van der Waals surface area contributed by atoms with Crippen molar-refractivity contribution in [1.82, 2.24) is 14.8 Å². The third-order valence-electron chi connectivity index (χ3n) is 4.16. The van der Waals surface area contributed by atoms with E-state index in [2.05, 4.69) is 23.7 Å². The summed E-state index contributed by atoms with van der Waals surface area (Å²) in [5.41, 5.74) is 0.756. The molecule has 2 saturated heterocycles. The number of likely N-dealkylation sites (tertiary alicyclic amines) is 2. The summed E-state index contributed by atoms with van der Waals surface area (Å²) in [6.45, 7) is 8.62. The Labute approximate surface area is 114 Å². The molecule has 0 bridgehead atoms. The molecule has 2 unspecified atom stereocenters. The zero-order valence-corrected chi connectivity index (χ0v) is 11.6. The van der Waals surface area contributed by atoms with Crippen molar-refractivity contribution in [3.8, 4) is 0 Å². The molecule has 0 N–H and O–H groups in total. The maximum atomic E-state index is 12.4. The van der Waals surface area contributed by atoms with Crippen LogP contribution in [0.2, 0.25) is 0 Å². The number of aromatic nitrogens is 1. The lowest BCUT2D eigenvalue weighted by atomic mass is 9.91. The van der Waals surface area contributed by atoms with E-state index in [1.165, 1.54) is 0 Å². The first-order valence-electron chi connectivity index (χ1n) is 7.08. The van der Waals surface area contributed by atoms with Gasteiger partial charge >= 0.3 is 0 Å². The number of carbonyl (C=O) groups is 1. The average molecular weight is 259 g/mol. The SMILES string of the molecule is CC(C)CN1CC2CN(C(=O)c3ccncc3)CC21. The van der Waals surface area contributed by atoms with Crippen LogP contribution in [0.25, 0.3) is 0 Å². The van der Waals surface area contributed by atoms with Gasteiger partial charge in [-0.3, -0.25) is 14.7 Å². The number of hydrogen-bond donors (Lipinski definition) is 0. The monoisotopic (exact) mass is 259 g/mol. The highest BCUT2D eigenvalue weighted by Gasteiger charge is 2.46. The molecule has 0 aromatic carbocycles. The van der Waals surface area contributed by atoms with Gasteiger partial charge in [-0.2, -0.15) is 0 Å². The van der Waals surface area contributed by atoms with Crippen molar-refractivity contribution in [2.24, 2.45) is 11.8 Å². The van der Waals surface area contributed by atoms with E-state index >= 15 is 0 Å². The number of amides is 1. The van der Waals surface area contributed by atoms with Crippen LogP contribution in [-0.4, -0.2) is 52.9 Å². The molecule has 0 spiro atoms. The lowest BCUT2D eigenvalue weighted by Crippen LogP contribution is -2.56. The van der Waals surface area contributed by atoms with Gasteiger partial charge in [-0.05, 0) is 18.1 Å². The molecule has 1 amide bonds. The lowest BCUT2D eigenvalue weighted by molar-refractivity contribution is 0.0402. The van der Waals surface area contributed by atoms with E-state index in [9.17, 15) is 4.79 Å². The highest BCUT2D eigenvalue weighted by molar-refractivity contribution is 5.94. The number of nitrogens with zero attached hydrogens (tertiary/aromatic N) is 3. The van der Waals surface area contributed by atoms with Gasteiger partial charge in [0.05, 0.1) is 0 Å². The molecular formula is C15H21N3O. The second-order valence-electron chi connectivity index (χ2n) is 6.12. The molecule has 1 aromatic rings. The molecular weight excluding hydrogens is 238 g/mol. The average Bonchev–Trinajstić information content (AvgIpc) is 2.74. The van der Waals surface area contributed by atoms with Crippen LogP contribution < -0.4 is 0 Å². The van der Waals surface area contributed by atoms with Gasteiger partial charge in [0, 0.05) is 56.1 Å². The topological polar surface area (TPSA) is 36.4 Å². The van der Waals surface area contributed by atoms with Crippen molar-refractivity contribution in [3.05, 3.63) is 30.1 Å². The second kappa shape index (κ2) is 4.93. The fourth-order valence-corrected chi connectivity index (χ4v) is 3.27. The van der Waals surface area contributed by atoms with Crippen LogP contribution in [0.15, 0.2) is 24.5 Å². The smallest absolute Gasteiger partial charge is 0.254 e. The molecule has 0 saturated carbocycles. The van der Waals surface area contributed by atoms with Crippen LogP contribution in [0.1, 0.15) is 24.2 Å². The van der Waals surface area contributed by atoms with Gasteiger partial charge in [-0.1, -0.05) is 13.8 Å². The predicted molar refractivity (Wildman–Crippen MR) is 73.8 cm³/mol. The molecule has 19 heavy (non-hydrogen) atoms. The minimum absolute atomic E-state index is 0.154. The van der Waals surface area contributed by atoms with E-state index < -0.39 is 0 Å². The van der Waals surface area contributed by atoms with Crippen LogP contribution in [-0.2, 0) is 0 Å². The van der Waals surface area contributed by atoms with Gasteiger partial charge < -0.3 is 4.90 Å². The zero-order valence-electron chi connectivity index (χ0n) is 11.6. The van der Waals surface area contributed by atoms with E-state index in [0.29, 0.717) is 17.9 Å². The third kappa shape index (κ3) is 2.37. The second-order valence-corrected chi connectivity index (χ2v) is 6.12. The molecule has 0 radical (unpaired) electrons. The van der Waals surface area contributed by atoms with Crippen LogP contribution in [0.4, 0.5) is 0 Å². The van der Waals surface area contributed by atoms with Crippen LogP contribution >= 0.6 is 0 Å². The molecule has 1 aromatic heterocycles. The Bertz CT molecular complexity index is 460. The predicted octanol–water partition coefficient (Wildman–Crippen LogP) is 1.49. The number of pyridine rings is 1. The Balaban J connectivity index is 1.62. The molecule has 3 rings (SSSR count). The van der Waals surface area contributed by atoms with Gasteiger partial charge in [-0.25, -0.2) is 0 Å². The maximum absolute atomic E-state index is 12.4. The fourth-order valence-electron chi connectivity index (χ4n) is 3.27. The van der Waals surface area contributed by atoms with E-state index in [-0.39, 0.29) is 5.91 Å². The quantitative estimate of drug-likeness (QED) is 0.825. The minimum Gasteiger partial charge on any atom is -0.337 e. The van der Waals surface area contributed by atoms with Crippen LogP contribution in [0.3, 0.4) is 0 Å². The van der Waals surface area contributed by atoms with Crippen molar-refractivity contribution < 1.29 is 4.79 Å².